The predicted molar refractivity (Wildman–Crippen MR) is 108 cm³/mol. The molecule has 0 bridgehead atoms. The van der Waals surface area contributed by atoms with E-state index in [0.29, 0.717) is 49.9 Å². The molecule has 1 saturated heterocycles. The molecule has 8 heteroatoms. The van der Waals surface area contributed by atoms with Crippen LogP contribution in [-0.2, 0) is 16.0 Å². The number of aromatic amines is 1. The fraction of sp³-hybridized carbons (Fsp3) is 0.500. The summed E-state index contributed by atoms with van der Waals surface area (Å²) in [6, 6.07) is 1.94. The minimum Gasteiger partial charge on any atom is -0.378 e. The maximum Gasteiger partial charge on any atom is 0.255 e. The van der Waals surface area contributed by atoms with Gasteiger partial charge in [-0.3, -0.25) is 19.6 Å². The minimum absolute atomic E-state index is 0.145. The van der Waals surface area contributed by atoms with Crippen molar-refractivity contribution in [1.29, 1.82) is 0 Å². The van der Waals surface area contributed by atoms with E-state index >= 15 is 0 Å². The largest absolute Gasteiger partial charge is 0.378 e. The first-order chi connectivity index (χ1) is 13.3. The summed E-state index contributed by atoms with van der Waals surface area (Å²) in [5, 5.41) is 2.92. The number of pyridine rings is 1. The normalized spacial score (nSPS) is 14.2. The van der Waals surface area contributed by atoms with Crippen molar-refractivity contribution in [3.8, 4) is 0 Å². The molecule has 2 N–H and O–H groups in total. The van der Waals surface area contributed by atoms with Crippen molar-refractivity contribution in [1.82, 2.24) is 15.0 Å². The van der Waals surface area contributed by atoms with E-state index in [2.05, 4.69) is 20.3 Å². The molecule has 1 amide bonds. The highest BCUT2D eigenvalue weighted by Crippen LogP contribution is 2.19. The van der Waals surface area contributed by atoms with E-state index < -0.39 is 0 Å². The third kappa shape index (κ3) is 4.56. The van der Waals surface area contributed by atoms with Crippen LogP contribution < -0.4 is 15.8 Å². The van der Waals surface area contributed by atoms with Crippen LogP contribution in [0.4, 0.5) is 11.6 Å². The van der Waals surface area contributed by atoms with Crippen molar-refractivity contribution in [2.45, 2.75) is 40.5 Å². The highest BCUT2D eigenvalue weighted by atomic mass is 16.5. The van der Waals surface area contributed by atoms with Crippen LogP contribution >= 0.6 is 0 Å². The van der Waals surface area contributed by atoms with Crippen molar-refractivity contribution >= 4 is 17.5 Å². The van der Waals surface area contributed by atoms with Crippen LogP contribution in [0.1, 0.15) is 34.6 Å². The number of hydrogen-bond donors (Lipinski definition) is 2. The number of hydrogen-bond acceptors (Lipinski definition) is 6. The molecule has 3 rings (SSSR count). The topological polar surface area (TPSA) is 100 Å². The lowest BCUT2D eigenvalue weighted by Crippen LogP contribution is -2.38. The van der Waals surface area contributed by atoms with Gasteiger partial charge in [0.25, 0.3) is 5.56 Å². The second kappa shape index (κ2) is 8.52. The maximum absolute atomic E-state index is 12.5. The summed E-state index contributed by atoms with van der Waals surface area (Å²) in [5.74, 6) is 0.420. The average Bonchev–Trinajstić information content (AvgIpc) is 2.64. The van der Waals surface area contributed by atoms with Crippen molar-refractivity contribution in [2.75, 3.05) is 36.5 Å². The molecule has 150 valence electrons. The van der Waals surface area contributed by atoms with Crippen LogP contribution in [-0.4, -0.2) is 47.2 Å². The molecule has 0 aliphatic carbocycles. The Morgan fingerprint density at radius 3 is 2.54 bits per heavy atom. The molecule has 28 heavy (non-hydrogen) atoms. The highest BCUT2D eigenvalue weighted by Gasteiger charge is 2.17. The minimum atomic E-state index is -0.189. The van der Waals surface area contributed by atoms with Gasteiger partial charge in [-0.25, -0.2) is 4.98 Å². The lowest BCUT2D eigenvalue weighted by atomic mass is 10.1. The van der Waals surface area contributed by atoms with Crippen molar-refractivity contribution in [3.05, 3.63) is 44.6 Å². The number of amides is 1. The highest BCUT2D eigenvalue weighted by molar-refractivity contribution is 5.92. The van der Waals surface area contributed by atoms with E-state index in [1.54, 1.807) is 0 Å². The van der Waals surface area contributed by atoms with Gasteiger partial charge in [0, 0.05) is 36.5 Å². The number of carbonyl (C=O) groups excluding carboxylic acids is 1. The smallest absolute Gasteiger partial charge is 0.255 e. The average molecular weight is 385 g/mol. The Hall–Kier alpha value is -2.74. The molecule has 2 aromatic rings. The number of carbonyl (C=O) groups is 1. The number of aryl methyl sites for hydroxylation is 4. The molecule has 1 fully saturated rings. The van der Waals surface area contributed by atoms with Crippen molar-refractivity contribution < 1.29 is 9.53 Å². The van der Waals surface area contributed by atoms with Gasteiger partial charge >= 0.3 is 0 Å². The molecule has 3 heterocycles. The summed E-state index contributed by atoms with van der Waals surface area (Å²) in [7, 11) is 0. The van der Waals surface area contributed by atoms with Crippen molar-refractivity contribution in [2.24, 2.45) is 0 Å². The van der Waals surface area contributed by atoms with Gasteiger partial charge in [-0.2, -0.15) is 0 Å². The lowest BCUT2D eigenvalue weighted by Gasteiger charge is -2.27. The zero-order valence-electron chi connectivity index (χ0n) is 16.9. The van der Waals surface area contributed by atoms with Gasteiger partial charge in [0.15, 0.2) is 0 Å². The Balaban J connectivity index is 1.67. The van der Waals surface area contributed by atoms with Crippen LogP contribution in [0, 0.1) is 27.7 Å². The SMILES string of the molecule is Cc1cc(C)c(NC(=O)CCc2c(C)nc(N3CCOCC3)[nH]c2=O)c(C)n1. The predicted octanol–water partition coefficient (Wildman–Crippen LogP) is 1.81. The molecular formula is C20H27N5O3. The molecule has 0 spiro atoms. The Morgan fingerprint density at radius 1 is 1.18 bits per heavy atom. The maximum atomic E-state index is 12.5. The fourth-order valence-corrected chi connectivity index (χ4v) is 3.47. The monoisotopic (exact) mass is 385 g/mol. The van der Waals surface area contributed by atoms with Gasteiger partial charge in [0.1, 0.15) is 0 Å². The Kier molecular flexibility index (Phi) is 6.08. The Morgan fingerprint density at radius 2 is 1.89 bits per heavy atom. The number of morpholine rings is 1. The Bertz CT molecular complexity index is 909. The van der Waals surface area contributed by atoms with E-state index in [4.69, 9.17) is 4.74 Å². The van der Waals surface area contributed by atoms with Gasteiger partial charge < -0.3 is 15.0 Å². The summed E-state index contributed by atoms with van der Waals surface area (Å²) < 4.78 is 5.33. The number of ether oxygens (including phenoxy) is 1. The molecule has 1 aliphatic heterocycles. The number of aromatic nitrogens is 3. The molecule has 0 unspecified atom stereocenters. The molecule has 0 radical (unpaired) electrons. The molecule has 2 aromatic heterocycles. The third-order valence-electron chi connectivity index (χ3n) is 4.91. The summed E-state index contributed by atoms with van der Waals surface area (Å²) in [4.78, 5) is 38.7. The van der Waals surface area contributed by atoms with E-state index in [1.165, 1.54) is 0 Å². The van der Waals surface area contributed by atoms with Crippen LogP contribution in [0.3, 0.4) is 0 Å². The van der Waals surface area contributed by atoms with Crippen molar-refractivity contribution in [3.63, 3.8) is 0 Å². The van der Waals surface area contributed by atoms with E-state index in [1.807, 2.05) is 38.7 Å². The van der Waals surface area contributed by atoms with Gasteiger partial charge in [-0.15, -0.1) is 0 Å². The van der Waals surface area contributed by atoms with E-state index in [-0.39, 0.29) is 17.9 Å². The second-order valence-corrected chi connectivity index (χ2v) is 7.14. The summed E-state index contributed by atoms with van der Waals surface area (Å²) in [5.41, 5.74) is 4.43. The first-order valence-electron chi connectivity index (χ1n) is 9.52. The number of nitrogens with one attached hydrogen (secondary N) is 2. The van der Waals surface area contributed by atoms with Crippen LogP contribution in [0.25, 0.3) is 0 Å². The summed E-state index contributed by atoms with van der Waals surface area (Å²) in [6.07, 6.45) is 0.538. The zero-order valence-corrected chi connectivity index (χ0v) is 16.9. The molecule has 0 atom stereocenters. The van der Waals surface area contributed by atoms with Crippen LogP contribution in [0.2, 0.25) is 0 Å². The number of nitrogens with zero attached hydrogens (tertiary/aromatic N) is 3. The van der Waals surface area contributed by atoms with Gasteiger partial charge in [-0.05, 0) is 45.7 Å². The zero-order chi connectivity index (χ0) is 20.3. The number of anilines is 2. The number of rotatable bonds is 5. The Labute approximate surface area is 164 Å². The van der Waals surface area contributed by atoms with Crippen LogP contribution in [0.5, 0.6) is 0 Å². The number of H-pyrrole nitrogens is 1. The molecule has 8 nitrogen and oxygen atoms in total. The third-order valence-corrected chi connectivity index (χ3v) is 4.91. The van der Waals surface area contributed by atoms with Gasteiger partial charge in [0.05, 0.1) is 24.6 Å². The van der Waals surface area contributed by atoms with E-state index in [0.717, 1.165) is 22.6 Å². The summed E-state index contributed by atoms with van der Waals surface area (Å²) >= 11 is 0. The fourth-order valence-electron chi connectivity index (χ4n) is 3.47. The molecule has 0 aromatic carbocycles. The lowest BCUT2D eigenvalue weighted by molar-refractivity contribution is -0.116. The van der Waals surface area contributed by atoms with E-state index in [9.17, 15) is 9.59 Å². The van der Waals surface area contributed by atoms with Crippen LogP contribution in [0.15, 0.2) is 10.9 Å². The summed E-state index contributed by atoms with van der Waals surface area (Å²) in [6.45, 7) is 10.2. The molecular weight excluding hydrogens is 358 g/mol. The second-order valence-electron chi connectivity index (χ2n) is 7.14. The molecule has 0 saturated carbocycles. The molecule has 1 aliphatic rings. The van der Waals surface area contributed by atoms with Gasteiger partial charge in [0.2, 0.25) is 11.9 Å². The quantitative estimate of drug-likeness (QED) is 0.814. The first kappa shape index (κ1) is 20.0. The first-order valence-corrected chi connectivity index (χ1v) is 9.52. The standard InChI is InChI=1S/C20H27N5O3/c1-12-11-13(2)21-15(4)18(12)23-17(26)6-5-16-14(3)22-20(24-19(16)27)25-7-9-28-10-8-25/h11H,5-10H2,1-4H3,(H,23,26)(H,22,24,27). The van der Waals surface area contributed by atoms with Gasteiger partial charge in [-0.1, -0.05) is 0 Å².